The fourth-order valence-electron chi connectivity index (χ4n) is 4.95. The van der Waals surface area contributed by atoms with Gasteiger partial charge in [0.05, 0.1) is 49.6 Å². The van der Waals surface area contributed by atoms with Crippen LogP contribution in [0, 0.1) is 6.92 Å². The lowest BCUT2D eigenvalue weighted by atomic mass is 10.0. The fourth-order valence-corrected chi connectivity index (χ4v) is 4.95. The molecule has 0 N–H and O–H groups in total. The number of rotatable bonds is 13. The second-order valence-corrected chi connectivity index (χ2v) is 9.76. The summed E-state index contributed by atoms with van der Waals surface area (Å²) in [6.07, 6.45) is 0. The zero-order valence-electron chi connectivity index (χ0n) is 23.3. The molecule has 0 saturated heterocycles. The number of benzene rings is 4. The number of Topliss-reactive ketones (excluding diaryl/α,β-unsaturated/α-hetero) is 1. The molecule has 0 fully saturated rings. The number of carbonyl (C=O) groups excluding carboxylic acids is 1. The van der Waals surface area contributed by atoms with E-state index in [0.29, 0.717) is 51.0 Å². The molecule has 4 aromatic carbocycles. The van der Waals surface area contributed by atoms with E-state index < -0.39 is 0 Å². The van der Waals surface area contributed by atoms with Gasteiger partial charge in [0, 0.05) is 23.6 Å². The van der Waals surface area contributed by atoms with Crippen LogP contribution < -0.4 is 4.74 Å². The first kappa shape index (κ1) is 27.6. The van der Waals surface area contributed by atoms with Crippen LogP contribution >= 0.6 is 0 Å². The van der Waals surface area contributed by atoms with Crippen LogP contribution in [0.1, 0.15) is 22.8 Å². The van der Waals surface area contributed by atoms with E-state index in [1.54, 1.807) is 14.0 Å². The quantitative estimate of drug-likeness (QED) is 0.119. The van der Waals surface area contributed by atoms with Crippen molar-refractivity contribution in [2.24, 2.45) is 0 Å². The molecule has 0 atom stereocenters. The number of aryl methyl sites for hydroxylation is 1. The van der Waals surface area contributed by atoms with E-state index in [1.807, 2.05) is 24.3 Å². The first-order valence-corrected chi connectivity index (χ1v) is 13.6. The van der Waals surface area contributed by atoms with E-state index in [2.05, 4.69) is 72.2 Å². The van der Waals surface area contributed by atoms with E-state index in [-0.39, 0.29) is 5.78 Å². The summed E-state index contributed by atoms with van der Waals surface area (Å²) in [7, 11) is 1.64. The number of ketones is 1. The minimum atomic E-state index is -0.0498. The van der Waals surface area contributed by atoms with Crippen LogP contribution in [0.25, 0.3) is 38.6 Å². The maximum absolute atomic E-state index is 12.7. The Morgan fingerprint density at radius 1 is 0.700 bits per heavy atom. The molecule has 0 aliphatic heterocycles. The average molecular weight is 538 g/mol. The molecule has 0 aliphatic carbocycles. The largest absolute Gasteiger partial charge is 0.490 e. The van der Waals surface area contributed by atoms with Gasteiger partial charge >= 0.3 is 0 Å². The van der Waals surface area contributed by atoms with Crippen LogP contribution in [0.3, 0.4) is 0 Å². The van der Waals surface area contributed by atoms with Crippen molar-refractivity contribution in [1.82, 2.24) is 4.57 Å². The van der Waals surface area contributed by atoms with Gasteiger partial charge in [0.2, 0.25) is 0 Å². The molecular formula is C34H35NO5. The Morgan fingerprint density at radius 2 is 1.38 bits per heavy atom. The van der Waals surface area contributed by atoms with Crippen LogP contribution in [0.2, 0.25) is 0 Å². The predicted molar refractivity (Wildman–Crippen MR) is 160 cm³/mol. The predicted octanol–water partition coefficient (Wildman–Crippen LogP) is 7.02. The summed E-state index contributed by atoms with van der Waals surface area (Å²) in [6.45, 7) is 6.50. The van der Waals surface area contributed by atoms with E-state index in [4.69, 9.17) is 18.9 Å². The number of nitrogens with zero attached hydrogens (tertiary/aromatic N) is 1. The molecule has 0 spiro atoms. The zero-order chi connectivity index (χ0) is 27.9. The SMILES string of the molecule is COCCOCCOCCOc1ccc(-n2c3cc(C)ccc3c3ccc(-c4ccccc4)cc32)cc1C(C)=O. The Kier molecular flexibility index (Phi) is 8.91. The Bertz CT molecular complexity index is 1610. The molecule has 0 bridgehead atoms. The molecule has 1 heterocycles. The number of ether oxygens (including phenoxy) is 4. The Labute approximate surface area is 235 Å². The number of aromatic nitrogens is 1. The number of hydrogen-bond donors (Lipinski definition) is 0. The lowest BCUT2D eigenvalue weighted by Crippen LogP contribution is -2.13. The van der Waals surface area contributed by atoms with Gasteiger partial charge < -0.3 is 23.5 Å². The van der Waals surface area contributed by atoms with Gasteiger partial charge in [0.25, 0.3) is 0 Å². The highest BCUT2D eigenvalue weighted by Gasteiger charge is 2.17. The van der Waals surface area contributed by atoms with E-state index >= 15 is 0 Å². The molecule has 5 rings (SSSR count). The first-order valence-electron chi connectivity index (χ1n) is 13.6. The van der Waals surface area contributed by atoms with Gasteiger partial charge in [-0.05, 0) is 60.9 Å². The molecule has 0 saturated carbocycles. The molecule has 206 valence electrons. The molecule has 6 heteroatoms. The molecule has 0 radical (unpaired) electrons. The van der Waals surface area contributed by atoms with Gasteiger partial charge in [-0.3, -0.25) is 4.79 Å². The maximum Gasteiger partial charge on any atom is 0.163 e. The Hall–Kier alpha value is -3.97. The van der Waals surface area contributed by atoms with E-state index in [1.165, 1.54) is 16.3 Å². The third-order valence-electron chi connectivity index (χ3n) is 6.92. The van der Waals surface area contributed by atoms with Gasteiger partial charge in [-0.25, -0.2) is 0 Å². The van der Waals surface area contributed by atoms with Gasteiger partial charge in [-0.1, -0.05) is 54.6 Å². The second-order valence-electron chi connectivity index (χ2n) is 9.76. The average Bonchev–Trinajstić information content (AvgIpc) is 3.29. The fraction of sp³-hybridized carbons (Fsp3) is 0.265. The van der Waals surface area contributed by atoms with Crippen molar-refractivity contribution in [2.45, 2.75) is 13.8 Å². The normalized spacial score (nSPS) is 11.4. The Balaban J connectivity index is 1.44. The lowest BCUT2D eigenvalue weighted by molar-refractivity contribution is 0.0179. The van der Waals surface area contributed by atoms with Crippen molar-refractivity contribution in [1.29, 1.82) is 0 Å². The number of carbonyl (C=O) groups is 1. The third kappa shape index (κ3) is 6.10. The number of fused-ring (bicyclic) bond motifs is 3. The molecule has 0 aliphatic rings. The summed E-state index contributed by atoms with van der Waals surface area (Å²) in [5.41, 5.74) is 7.13. The smallest absolute Gasteiger partial charge is 0.163 e. The number of methoxy groups -OCH3 is 1. The van der Waals surface area contributed by atoms with Crippen molar-refractivity contribution in [3.05, 3.63) is 96.1 Å². The summed E-state index contributed by atoms with van der Waals surface area (Å²) in [4.78, 5) is 12.7. The van der Waals surface area contributed by atoms with Gasteiger partial charge in [-0.15, -0.1) is 0 Å². The van der Waals surface area contributed by atoms with Gasteiger partial charge in [-0.2, -0.15) is 0 Å². The summed E-state index contributed by atoms with van der Waals surface area (Å²) in [5, 5.41) is 2.34. The molecule has 40 heavy (non-hydrogen) atoms. The Morgan fingerprint density at radius 3 is 2.10 bits per heavy atom. The summed E-state index contributed by atoms with van der Waals surface area (Å²) in [6, 6.07) is 29.3. The minimum absolute atomic E-state index is 0.0498. The molecular weight excluding hydrogens is 502 g/mol. The molecule has 6 nitrogen and oxygen atoms in total. The molecule has 1 aromatic heterocycles. The van der Waals surface area contributed by atoms with Gasteiger partial charge in [0.15, 0.2) is 5.78 Å². The third-order valence-corrected chi connectivity index (χ3v) is 6.92. The highest BCUT2D eigenvalue weighted by Crippen LogP contribution is 2.36. The molecule has 5 aromatic rings. The monoisotopic (exact) mass is 537 g/mol. The summed E-state index contributed by atoms with van der Waals surface area (Å²) in [5.74, 6) is 0.504. The maximum atomic E-state index is 12.7. The van der Waals surface area contributed by atoms with Crippen molar-refractivity contribution < 1.29 is 23.7 Å². The lowest BCUT2D eigenvalue weighted by Gasteiger charge is -2.14. The van der Waals surface area contributed by atoms with Crippen LogP contribution in [-0.4, -0.2) is 57.1 Å². The van der Waals surface area contributed by atoms with Crippen LogP contribution in [0.5, 0.6) is 5.75 Å². The van der Waals surface area contributed by atoms with Crippen molar-refractivity contribution in [3.8, 4) is 22.6 Å². The van der Waals surface area contributed by atoms with Crippen LogP contribution in [0.4, 0.5) is 0 Å². The minimum Gasteiger partial charge on any atom is -0.490 e. The first-order chi connectivity index (χ1) is 19.6. The molecule has 0 unspecified atom stereocenters. The van der Waals surface area contributed by atoms with E-state index in [0.717, 1.165) is 27.8 Å². The number of hydrogen-bond acceptors (Lipinski definition) is 5. The van der Waals surface area contributed by atoms with Gasteiger partial charge in [0.1, 0.15) is 12.4 Å². The summed E-state index contributed by atoms with van der Waals surface area (Å²) < 4.78 is 24.2. The second kappa shape index (κ2) is 12.9. The zero-order valence-corrected chi connectivity index (χ0v) is 23.3. The van der Waals surface area contributed by atoms with Crippen LogP contribution in [0.15, 0.2) is 84.9 Å². The topological polar surface area (TPSA) is 58.9 Å². The standard InChI is InChI=1S/C34H35NO5/c1-24-9-12-29-30-13-10-27(26-7-5-4-6-8-26)22-33(30)35(32(29)21-24)28-11-14-34(31(23-28)25(2)36)40-20-19-39-18-17-38-16-15-37-3/h4-14,21-23H,15-20H2,1-3H3. The van der Waals surface area contributed by atoms with Crippen molar-refractivity contribution >= 4 is 27.6 Å². The molecule has 0 amide bonds. The van der Waals surface area contributed by atoms with E-state index in [9.17, 15) is 4.79 Å². The van der Waals surface area contributed by atoms with Crippen molar-refractivity contribution in [3.63, 3.8) is 0 Å². The summed E-state index contributed by atoms with van der Waals surface area (Å²) >= 11 is 0. The van der Waals surface area contributed by atoms with Crippen molar-refractivity contribution in [2.75, 3.05) is 46.8 Å². The highest BCUT2D eigenvalue weighted by molar-refractivity contribution is 6.10. The highest BCUT2D eigenvalue weighted by atomic mass is 16.6. The van der Waals surface area contributed by atoms with Crippen LogP contribution in [-0.2, 0) is 14.2 Å².